The monoisotopic (exact) mass is 289 g/mol. The minimum absolute atomic E-state index is 0. The van der Waals surface area contributed by atoms with E-state index in [1.165, 1.54) is 0 Å². The number of anilines is 1. The normalized spacial score (nSPS) is 15.8. The molecule has 2 rings (SSSR count). The van der Waals surface area contributed by atoms with Crippen molar-refractivity contribution in [3.8, 4) is 0 Å². The van der Waals surface area contributed by atoms with Gasteiger partial charge >= 0.3 is 0 Å². The molecule has 1 aliphatic heterocycles. The molecule has 6 heteroatoms. The molecule has 0 saturated carbocycles. The molecule has 0 aromatic heterocycles. The standard InChI is InChI=1S/C12H16ClN3O.ClH/c13-10-3-1-2-4-11(10)15-12(17)9-16-7-5-14-6-8-16;/h1-4,14H,5-9H2,(H,15,17);1H. The number of amides is 1. The number of rotatable bonds is 3. The Bertz CT molecular complexity index is 395. The van der Waals surface area contributed by atoms with E-state index in [0.717, 1.165) is 26.2 Å². The van der Waals surface area contributed by atoms with Crippen molar-refractivity contribution < 1.29 is 4.79 Å². The van der Waals surface area contributed by atoms with E-state index < -0.39 is 0 Å². The second-order valence-corrected chi connectivity index (χ2v) is 4.46. The van der Waals surface area contributed by atoms with Crippen LogP contribution in [0.1, 0.15) is 0 Å². The van der Waals surface area contributed by atoms with E-state index in [1.807, 2.05) is 12.1 Å². The summed E-state index contributed by atoms with van der Waals surface area (Å²) in [6.45, 7) is 4.14. The lowest BCUT2D eigenvalue weighted by Crippen LogP contribution is -2.46. The zero-order valence-corrected chi connectivity index (χ0v) is 11.6. The van der Waals surface area contributed by atoms with Gasteiger partial charge in [-0.15, -0.1) is 12.4 Å². The minimum atomic E-state index is -0.0139. The van der Waals surface area contributed by atoms with E-state index in [2.05, 4.69) is 15.5 Å². The first kappa shape index (κ1) is 15.2. The summed E-state index contributed by atoms with van der Waals surface area (Å²) in [5, 5.41) is 6.65. The lowest BCUT2D eigenvalue weighted by molar-refractivity contribution is -0.117. The first-order valence-electron chi connectivity index (χ1n) is 5.73. The third-order valence-corrected chi connectivity index (χ3v) is 3.05. The third-order valence-electron chi connectivity index (χ3n) is 2.72. The zero-order valence-electron chi connectivity index (χ0n) is 9.99. The molecule has 0 aliphatic carbocycles. The van der Waals surface area contributed by atoms with Crippen LogP contribution in [0, 0.1) is 0 Å². The zero-order chi connectivity index (χ0) is 12.1. The Balaban J connectivity index is 0.00000162. The number of para-hydroxylation sites is 1. The van der Waals surface area contributed by atoms with E-state index >= 15 is 0 Å². The van der Waals surface area contributed by atoms with Gasteiger partial charge in [-0.05, 0) is 12.1 Å². The van der Waals surface area contributed by atoms with Crippen LogP contribution in [-0.2, 0) is 4.79 Å². The maximum absolute atomic E-state index is 11.8. The van der Waals surface area contributed by atoms with Crippen molar-refractivity contribution in [3.63, 3.8) is 0 Å². The Labute approximate surface area is 118 Å². The largest absolute Gasteiger partial charge is 0.324 e. The van der Waals surface area contributed by atoms with Crippen molar-refractivity contribution in [1.82, 2.24) is 10.2 Å². The summed E-state index contributed by atoms with van der Waals surface area (Å²) in [5.74, 6) is -0.0139. The highest BCUT2D eigenvalue weighted by Crippen LogP contribution is 2.20. The van der Waals surface area contributed by atoms with Gasteiger partial charge in [-0.1, -0.05) is 23.7 Å². The van der Waals surface area contributed by atoms with Gasteiger partial charge in [-0.25, -0.2) is 0 Å². The fourth-order valence-electron chi connectivity index (χ4n) is 1.82. The van der Waals surface area contributed by atoms with Gasteiger partial charge in [0.15, 0.2) is 0 Å². The number of carbonyl (C=O) groups is 1. The van der Waals surface area contributed by atoms with Gasteiger partial charge in [0.1, 0.15) is 0 Å². The molecule has 0 atom stereocenters. The SMILES string of the molecule is Cl.O=C(CN1CCNCC1)Nc1ccccc1Cl. The van der Waals surface area contributed by atoms with Crippen LogP contribution in [0.25, 0.3) is 0 Å². The molecule has 100 valence electrons. The molecule has 0 unspecified atom stereocenters. The fraction of sp³-hybridized carbons (Fsp3) is 0.417. The van der Waals surface area contributed by atoms with Gasteiger partial charge in [0, 0.05) is 26.2 Å². The van der Waals surface area contributed by atoms with Crippen LogP contribution in [-0.4, -0.2) is 43.5 Å². The molecule has 0 radical (unpaired) electrons. The molecule has 4 nitrogen and oxygen atoms in total. The molecule has 2 N–H and O–H groups in total. The highest BCUT2D eigenvalue weighted by molar-refractivity contribution is 6.33. The lowest BCUT2D eigenvalue weighted by atomic mass is 10.3. The summed E-state index contributed by atoms with van der Waals surface area (Å²) >= 11 is 5.97. The molecule has 1 aliphatic rings. The Kier molecular flexibility index (Phi) is 6.43. The van der Waals surface area contributed by atoms with Crippen molar-refractivity contribution in [2.45, 2.75) is 0 Å². The molecule has 1 fully saturated rings. The topological polar surface area (TPSA) is 44.4 Å². The third kappa shape index (κ3) is 4.46. The van der Waals surface area contributed by atoms with Gasteiger partial charge in [0.05, 0.1) is 17.3 Å². The van der Waals surface area contributed by atoms with Gasteiger partial charge in [-0.3, -0.25) is 9.69 Å². The quantitative estimate of drug-likeness (QED) is 0.889. The van der Waals surface area contributed by atoms with Crippen molar-refractivity contribution >= 4 is 35.6 Å². The molecule has 1 aromatic carbocycles. The van der Waals surface area contributed by atoms with E-state index in [0.29, 0.717) is 17.3 Å². The Hall–Kier alpha value is -0.810. The number of carbonyl (C=O) groups excluding carboxylic acids is 1. The minimum Gasteiger partial charge on any atom is -0.324 e. The highest BCUT2D eigenvalue weighted by atomic mass is 35.5. The predicted molar refractivity (Wildman–Crippen MR) is 76.6 cm³/mol. The first-order chi connectivity index (χ1) is 8.25. The Morgan fingerprint density at radius 1 is 1.33 bits per heavy atom. The van der Waals surface area contributed by atoms with Gasteiger partial charge in [-0.2, -0.15) is 0 Å². The molecule has 18 heavy (non-hydrogen) atoms. The van der Waals surface area contributed by atoms with E-state index in [9.17, 15) is 4.79 Å². The van der Waals surface area contributed by atoms with E-state index in [1.54, 1.807) is 12.1 Å². The molecule has 1 saturated heterocycles. The first-order valence-corrected chi connectivity index (χ1v) is 6.11. The van der Waals surface area contributed by atoms with Gasteiger partial charge in [0.2, 0.25) is 5.91 Å². The summed E-state index contributed by atoms with van der Waals surface area (Å²) in [6, 6.07) is 7.26. The van der Waals surface area contributed by atoms with Crippen LogP contribution < -0.4 is 10.6 Å². The summed E-state index contributed by atoms with van der Waals surface area (Å²) in [5.41, 5.74) is 0.675. The maximum atomic E-state index is 11.8. The van der Waals surface area contributed by atoms with Crippen LogP contribution >= 0.6 is 24.0 Å². The molecule has 0 spiro atoms. The van der Waals surface area contributed by atoms with Crippen LogP contribution in [0.5, 0.6) is 0 Å². The predicted octanol–water partition coefficient (Wildman–Crippen LogP) is 1.61. The number of piperazine rings is 1. The summed E-state index contributed by atoms with van der Waals surface area (Å²) in [6.07, 6.45) is 0. The van der Waals surface area contributed by atoms with Crippen molar-refractivity contribution in [2.24, 2.45) is 0 Å². The molecular formula is C12H17Cl2N3O. The van der Waals surface area contributed by atoms with Crippen molar-refractivity contribution in [1.29, 1.82) is 0 Å². The average molecular weight is 290 g/mol. The molecule has 0 bridgehead atoms. The maximum Gasteiger partial charge on any atom is 0.238 e. The number of halogens is 2. The number of nitrogens with zero attached hydrogens (tertiary/aromatic N) is 1. The number of benzene rings is 1. The van der Waals surface area contributed by atoms with Crippen LogP contribution in [0.3, 0.4) is 0 Å². The van der Waals surface area contributed by atoms with Crippen molar-refractivity contribution in [3.05, 3.63) is 29.3 Å². The van der Waals surface area contributed by atoms with Crippen LogP contribution in [0.15, 0.2) is 24.3 Å². The Morgan fingerprint density at radius 3 is 2.67 bits per heavy atom. The number of hydrogen-bond donors (Lipinski definition) is 2. The molecule has 1 aromatic rings. The smallest absolute Gasteiger partial charge is 0.238 e. The van der Waals surface area contributed by atoms with Crippen LogP contribution in [0.2, 0.25) is 5.02 Å². The number of nitrogens with one attached hydrogen (secondary N) is 2. The van der Waals surface area contributed by atoms with E-state index in [-0.39, 0.29) is 18.3 Å². The second kappa shape index (κ2) is 7.59. The van der Waals surface area contributed by atoms with E-state index in [4.69, 9.17) is 11.6 Å². The lowest BCUT2D eigenvalue weighted by Gasteiger charge is -2.26. The fourth-order valence-corrected chi connectivity index (χ4v) is 2.01. The van der Waals surface area contributed by atoms with Gasteiger partial charge in [0.25, 0.3) is 0 Å². The number of hydrogen-bond acceptors (Lipinski definition) is 3. The summed E-state index contributed by atoms with van der Waals surface area (Å²) in [7, 11) is 0. The summed E-state index contributed by atoms with van der Waals surface area (Å²) in [4.78, 5) is 13.9. The van der Waals surface area contributed by atoms with Crippen molar-refractivity contribution in [2.75, 3.05) is 38.0 Å². The average Bonchev–Trinajstić information content (AvgIpc) is 2.33. The highest BCUT2D eigenvalue weighted by Gasteiger charge is 2.13. The Morgan fingerprint density at radius 2 is 2.00 bits per heavy atom. The van der Waals surface area contributed by atoms with Crippen LogP contribution in [0.4, 0.5) is 5.69 Å². The molecule has 1 amide bonds. The second-order valence-electron chi connectivity index (χ2n) is 4.05. The molecule has 1 heterocycles. The van der Waals surface area contributed by atoms with Gasteiger partial charge < -0.3 is 10.6 Å². The molecular weight excluding hydrogens is 273 g/mol. The summed E-state index contributed by atoms with van der Waals surface area (Å²) < 4.78 is 0.